The molecule has 1 fully saturated rings. The molecule has 0 amide bonds. The Labute approximate surface area is 175 Å². The first-order valence-electron chi connectivity index (χ1n) is 9.36. The van der Waals surface area contributed by atoms with Gasteiger partial charge in [-0.15, -0.1) is 0 Å². The highest BCUT2D eigenvalue weighted by Crippen LogP contribution is 2.44. The summed E-state index contributed by atoms with van der Waals surface area (Å²) < 4.78 is 17.5. The Morgan fingerprint density at radius 3 is 2.74 bits per heavy atom. The van der Waals surface area contributed by atoms with E-state index in [1.54, 1.807) is 12.1 Å². The van der Waals surface area contributed by atoms with E-state index in [-0.39, 0.29) is 5.92 Å². The van der Waals surface area contributed by atoms with Gasteiger partial charge in [0.15, 0.2) is 0 Å². The van der Waals surface area contributed by atoms with Crippen LogP contribution in [0.2, 0.25) is 10.0 Å². The fraction of sp³-hybridized carbons (Fsp3) is 0.600. The zero-order chi connectivity index (χ0) is 20.0. The van der Waals surface area contributed by atoms with Gasteiger partial charge in [-0.1, -0.05) is 35.9 Å². The number of hydrogen-bond acceptors (Lipinski definition) is 3. The second-order valence-electron chi connectivity index (χ2n) is 7.71. The van der Waals surface area contributed by atoms with Crippen LogP contribution in [0, 0.1) is 5.92 Å². The minimum absolute atomic E-state index is 0.127. The van der Waals surface area contributed by atoms with Crippen molar-refractivity contribution in [3.8, 4) is 5.75 Å². The van der Waals surface area contributed by atoms with Crippen LogP contribution in [-0.2, 0) is 11.0 Å². The molecule has 1 saturated heterocycles. The van der Waals surface area contributed by atoms with Crippen LogP contribution in [-0.4, -0.2) is 28.7 Å². The molecule has 3 atom stereocenters. The van der Waals surface area contributed by atoms with E-state index in [0.717, 1.165) is 37.9 Å². The first-order valence-corrected chi connectivity index (χ1v) is 11.3. The average Bonchev–Trinajstić information content (AvgIpc) is 2.89. The second-order valence-corrected chi connectivity index (χ2v) is 10.2. The summed E-state index contributed by atoms with van der Waals surface area (Å²) in [4.78, 5) is 0. The molecule has 1 aromatic rings. The van der Waals surface area contributed by atoms with E-state index < -0.39 is 15.7 Å². The van der Waals surface area contributed by atoms with Crippen LogP contribution in [0.3, 0.4) is 0 Å². The minimum atomic E-state index is -1.43. The van der Waals surface area contributed by atoms with Crippen molar-refractivity contribution >= 4 is 34.2 Å². The molecule has 0 aliphatic carbocycles. The standard InChI is InChI=1S/C20H30Cl2N2O2S/c1-4-10-26-19-12-18(22)17(21)11-15(19)16(13-20(2,3)27(23)25)14-6-5-8-24-9-7-14/h4,11-12,14,16,24H,1,5-10,13,23H2,2-3H3/t14?,16-,27?/m1/s1. The molecule has 0 saturated carbocycles. The smallest absolute Gasteiger partial charge is 0.124 e. The molecular weight excluding hydrogens is 403 g/mol. The van der Waals surface area contributed by atoms with Crippen molar-refractivity contribution in [2.45, 2.75) is 50.2 Å². The van der Waals surface area contributed by atoms with Crippen molar-refractivity contribution in [3.05, 3.63) is 40.4 Å². The first kappa shape index (κ1) is 22.7. The largest absolute Gasteiger partial charge is 0.489 e. The molecule has 0 bridgehead atoms. The molecule has 2 unspecified atom stereocenters. The second kappa shape index (κ2) is 10.3. The maximum atomic E-state index is 12.1. The third-order valence-electron chi connectivity index (χ3n) is 5.25. The van der Waals surface area contributed by atoms with Crippen LogP contribution in [0.25, 0.3) is 0 Å². The van der Waals surface area contributed by atoms with Gasteiger partial charge in [0.25, 0.3) is 0 Å². The van der Waals surface area contributed by atoms with Gasteiger partial charge >= 0.3 is 0 Å². The average molecular weight is 433 g/mol. The molecule has 0 aromatic heterocycles. The van der Waals surface area contributed by atoms with Crippen molar-refractivity contribution in [1.82, 2.24) is 5.32 Å². The van der Waals surface area contributed by atoms with Crippen LogP contribution in [0.1, 0.15) is 51.0 Å². The van der Waals surface area contributed by atoms with Gasteiger partial charge in [0.05, 0.1) is 25.8 Å². The summed E-state index contributed by atoms with van der Waals surface area (Å²) in [5.41, 5.74) is 1.01. The number of ether oxygens (including phenoxy) is 1. The van der Waals surface area contributed by atoms with Gasteiger partial charge in [0.2, 0.25) is 0 Å². The Morgan fingerprint density at radius 2 is 2.07 bits per heavy atom. The molecule has 1 heterocycles. The molecule has 0 spiro atoms. The molecule has 1 aliphatic rings. The highest BCUT2D eigenvalue weighted by molar-refractivity contribution is 7.84. The molecule has 0 radical (unpaired) electrons. The maximum Gasteiger partial charge on any atom is 0.124 e. The van der Waals surface area contributed by atoms with E-state index in [1.165, 1.54) is 0 Å². The summed E-state index contributed by atoms with van der Waals surface area (Å²) in [5, 5.41) is 10.2. The minimum Gasteiger partial charge on any atom is -0.489 e. The summed E-state index contributed by atoms with van der Waals surface area (Å²) in [7, 11) is -1.43. The van der Waals surface area contributed by atoms with Crippen molar-refractivity contribution in [2.24, 2.45) is 11.1 Å². The number of hydrogen-bond donors (Lipinski definition) is 2. The number of benzene rings is 1. The Hall–Kier alpha value is -0.590. The fourth-order valence-electron chi connectivity index (χ4n) is 3.70. The van der Waals surface area contributed by atoms with Gasteiger partial charge in [-0.2, -0.15) is 0 Å². The van der Waals surface area contributed by atoms with Crippen LogP contribution < -0.4 is 15.2 Å². The van der Waals surface area contributed by atoms with E-state index >= 15 is 0 Å². The van der Waals surface area contributed by atoms with Crippen molar-refractivity contribution in [1.29, 1.82) is 0 Å². The lowest BCUT2D eigenvalue weighted by Gasteiger charge is -2.34. The zero-order valence-corrected chi connectivity index (χ0v) is 18.4. The predicted molar refractivity (Wildman–Crippen MR) is 116 cm³/mol. The summed E-state index contributed by atoms with van der Waals surface area (Å²) in [6, 6.07) is 3.68. The molecule has 27 heavy (non-hydrogen) atoms. The Kier molecular flexibility index (Phi) is 8.63. The molecule has 7 heteroatoms. The SMILES string of the molecule is C=CCOc1cc(Cl)c(Cl)cc1[C@H](CC(C)(C)S(N)=O)C1CCCNCC1. The van der Waals surface area contributed by atoms with Crippen molar-refractivity contribution < 1.29 is 8.95 Å². The van der Waals surface area contributed by atoms with Crippen molar-refractivity contribution in [3.63, 3.8) is 0 Å². The Morgan fingerprint density at radius 1 is 1.37 bits per heavy atom. The molecule has 2 rings (SSSR count). The van der Waals surface area contributed by atoms with E-state index in [1.807, 2.05) is 19.9 Å². The fourth-order valence-corrected chi connectivity index (χ4v) is 4.37. The van der Waals surface area contributed by atoms with Crippen LogP contribution in [0.5, 0.6) is 5.75 Å². The normalized spacial score (nSPS) is 20.6. The lowest BCUT2D eigenvalue weighted by Crippen LogP contribution is -2.35. The maximum absolute atomic E-state index is 12.1. The third kappa shape index (κ3) is 6.20. The summed E-state index contributed by atoms with van der Waals surface area (Å²) in [5.74, 6) is 1.26. The van der Waals surface area contributed by atoms with Crippen molar-refractivity contribution in [2.75, 3.05) is 19.7 Å². The third-order valence-corrected chi connectivity index (χ3v) is 7.23. The number of nitrogens with one attached hydrogen (secondary N) is 1. The van der Waals surface area contributed by atoms with Gasteiger partial charge in [-0.3, -0.25) is 5.14 Å². The van der Waals surface area contributed by atoms with Gasteiger partial charge in [0, 0.05) is 6.07 Å². The van der Waals surface area contributed by atoms with E-state index in [2.05, 4.69) is 11.9 Å². The summed E-state index contributed by atoms with van der Waals surface area (Å²) >= 11 is 12.6. The van der Waals surface area contributed by atoms with Crippen LogP contribution >= 0.6 is 23.2 Å². The molecular formula is C20H30Cl2N2O2S. The molecule has 1 aromatic carbocycles. The number of rotatable bonds is 8. The summed E-state index contributed by atoms with van der Waals surface area (Å²) in [6.45, 7) is 10.0. The molecule has 3 N–H and O–H groups in total. The van der Waals surface area contributed by atoms with E-state index in [4.69, 9.17) is 33.1 Å². The van der Waals surface area contributed by atoms with E-state index in [9.17, 15) is 4.21 Å². The zero-order valence-electron chi connectivity index (χ0n) is 16.1. The van der Waals surface area contributed by atoms with Gasteiger partial charge in [-0.05, 0) is 76.1 Å². The predicted octanol–water partition coefficient (Wildman–Crippen LogP) is 4.82. The monoisotopic (exact) mass is 432 g/mol. The van der Waals surface area contributed by atoms with Gasteiger partial charge < -0.3 is 10.1 Å². The topological polar surface area (TPSA) is 64.3 Å². The summed E-state index contributed by atoms with van der Waals surface area (Å²) in [6.07, 6.45) is 5.63. The molecule has 1 aliphatic heterocycles. The van der Waals surface area contributed by atoms with Crippen LogP contribution in [0.4, 0.5) is 0 Å². The Balaban J connectivity index is 2.49. The highest BCUT2D eigenvalue weighted by atomic mass is 35.5. The lowest BCUT2D eigenvalue weighted by atomic mass is 9.76. The quantitative estimate of drug-likeness (QED) is 0.578. The van der Waals surface area contributed by atoms with Gasteiger partial charge in [-0.25, -0.2) is 4.21 Å². The molecule has 152 valence electrons. The lowest BCUT2D eigenvalue weighted by molar-refractivity contribution is 0.317. The highest BCUT2D eigenvalue weighted by Gasteiger charge is 2.35. The molecule has 4 nitrogen and oxygen atoms in total. The van der Waals surface area contributed by atoms with E-state index in [0.29, 0.717) is 34.7 Å². The Bertz CT molecular complexity index is 674. The van der Waals surface area contributed by atoms with Gasteiger partial charge in [0.1, 0.15) is 12.4 Å². The van der Waals surface area contributed by atoms with Crippen LogP contribution in [0.15, 0.2) is 24.8 Å². The number of nitrogens with two attached hydrogens (primary N) is 1. The number of halogens is 2. The first-order chi connectivity index (χ1) is 12.8.